The molecule has 98 valence electrons. The van der Waals surface area contributed by atoms with E-state index in [1.54, 1.807) is 6.92 Å². The summed E-state index contributed by atoms with van der Waals surface area (Å²) in [6.45, 7) is 4.71. The number of rotatable bonds is 5. The molecule has 1 rings (SSSR count). The van der Waals surface area contributed by atoms with Crippen LogP contribution in [0.2, 0.25) is 0 Å². The van der Waals surface area contributed by atoms with Crippen LogP contribution in [0, 0.1) is 5.92 Å². The highest BCUT2D eigenvalue weighted by molar-refractivity contribution is 5.86. The summed E-state index contributed by atoms with van der Waals surface area (Å²) in [7, 11) is 0. The molecule has 0 aliphatic carbocycles. The van der Waals surface area contributed by atoms with E-state index in [1.807, 2.05) is 0 Å². The van der Waals surface area contributed by atoms with Crippen LogP contribution in [0.1, 0.15) is 39.5 Å². The lowest BCUT2D eigenvalue weighted by Crippen LogP contribution is -2.52. The van der Waals surface area contributed by atoms with Gasteiger partial charge >= 0.3 is 5.97 Å². The van der Waals surface area contributed by atoms with Gasteiger partial charge in [0.1, 0.15) is 6.04 Å². The van der Waals surface area contributed by atoms with E-state index < -0.39 is 12.0 Å². The third-order valence-electron chi connectivity index (χ3n) is 3.43. The van der Waals surface area contributed by atoms with E-state index in [2.05, 4.69) is 17.6 Å². The van der Waals surface area contributed by atoms with E-state index in [4.69, 9.17) is 5.11 Å². The average Bonchev–Trinajstić information content (AvgIpc) is 2.35. The lowest BCUT2D eigenvalue weighted by atomic mass is 9.90. The number of aliphatic carboxylic acids is 1. The highest BCUT2D eigenvalue weighted by Gasteiger charge is 2.28. The van der Waals surface area contributed by atoms with Gasteiger partial charge in [0, 0.05) is 0 Å². The van der Waals surface area contributed by atoms with Crippen molar-refractivity contribution in [3.05, 3.63) is 0 Å². The largest absolute Gasteiger partial charge is 0.480 e. The lowest BCUT2D eigenvalue weighted by molar-refractivity contribution is -0.142. The number of hydrogen-bond acceptors (Lipinski definition) is 3. The molecule has 0 aromatic carbocycles. The molecule has 1 heterocycles. The van der Waals surface area contributed by atoms with Crippen LogP contribution >= 0.6 is 0 Å². The van der Waals surface area contributed by atoms with E-state index in [9.17, 15) is 9.59 Å². The van der Waals surface area contributed by atoms with E-state index in [1.165, 1.54) is 0 Å². The highest BCUT2D eigenvalue weighted by Crippen LogP contribution is 2.19. The van der Waals surface area contributed by atoms with Gasteiger partial charge in [-0.1, -0.05) is 20.3 Å². The van der Waals surface area contributed by atoms with Gasteiger partial charge in [-0.3, -0.25) is 4.79 Å². The van der Waals surface area contributed by atoms with Crippen molar-refractivity contribution in [3.63, 3.8) is 0 Å². The van der Waals surface area contributed by atoms with Crippen LogP contribution in [-0.2, 0) is 9.59 Å². The zero-order chi connectivity index (χ0) is 12.8. The Kier molecular flexibility index (Phi) is 5.41. The number of piperidine rings is 1. The van der Waals surface area contributed by atoms with Gasteiger partial charge in [-0.05, 0) is 31.7 Å². The van der Waals surface area contributed by atoms with Crippen LogP contribution < -0.4 is 10.6 Å². The van der Waals surface area contributed by atoms with Crippen molar-refractivity contribution in [1.29, 1.82) is 0 Å². The zero-order valence-electron chi connectivity index (χ0n) is 10.5. The molecule has 5 nitrogen and oxygen atoms in total. The number of amides is 1. The van der Waals surface area contributed by atoms with Crippen LogP contribution in [0.5, 0.6) is 0 Å². The van der Waals surface area contributed by atoms with Crippen LogP contribution in [-0.4, -0.2) is 35.6 Å². The Labute approximate surface area is 102 Å². The smallest absolute Gasteiger partial charge is 0.326 e. The second-order valence-electron chi connectivity index (χ2n) is 4.61. The molecule has 0 radical (unpaired) electrons. The van der Waals surface area contributed by atoms with Crippen LogP contribution in [0.25, 0.3) is 0 Å². The number of carbonyl (C=O) groups is 2. The fourth-order valence-corrected chi connectivity index (χ4v) is 2.18. The number of carboxylic acid groups (broad SMARTS) is 1. The van der Waals surface area contributed by atoms with E-state index in [0.29, 0.717) is 12.3 Å². The standard InChI is InChI=1S/C12H22N2O3/c1-3-8-5-6-13-10(7-8)11(15)14-9(4-2)12(16)17/h8-10,13H,3-7H2,1-2H3,(H,14,15)(H,16,17). The van der Waals surface area contributed by atoms with Gasteiger partial charge in [0.25, 0.3) is 0 Å². The van der Waals surface area contributed by atoms with Crippen molar-refractivity contribution in [3.8, 4) is 0 Å². The third kappa shape index (κ3) is 4.00. The summed E-state index contributed by atoms with van der Waals surface area (Å²) in [6.07, 6.45) is 3.38. The van der Waals surface area contributed by atoms with Crippen LogP contribution in [0.15, 0.2) is 0 Å². The Bertz CT molecular complexity index is 281. The van der Waals surface area contributed by atoms with Crippen molar-refractivity contribution in [2.45, 2.75) is 51.6 Å². The summed E-state index contributed by atoms with van der Waals surface area (Å²) >= 11 is 0. The fraction of sp³-hybridized carbons (Fsp3) is 0.833. The predicted octanol–water partition coefficient (Wildman–Crippen LogP) is 0.744. The molecule has 1 aliphatic heterocycles. The summed E-state index contributed by atoms with van der Waals surface area (Å²) in [5, 5.41) is 14.6. The average molecular weight is 242 g/mol. The summed E-state index contributed by atoms with van der Waals surface area (Å²) < 4.78 is 0. The molecule has 17 heavy (non-hydrogen) atoms. The molecule has 3 atom stereocenters. The maximum atomic E-state index is 11.9. The van der Waals surface area contributed by atoms with Gasteiger partial charge < -0.3 is 15.7 Å². The highest BCUT2D eigenvalue weighted by atomic mass is 16.4. The maximum Gasteiger partial charge on any atom is 0.326 e. The summed E-state index contributed by atoms with van der Waals surface area (Å²) in [4.78, 5) is 22.7. The maximum absolute atomic E-state index is 11.9. The molecule has 1 saturated heterocycles. The topological polar surface area (TPSA) is 78.4 Å². The first-order chi connectivity index (χ1) is 8.08. The Morgan fingerprint density at radius 3 is 2.71 bits per heavy atom. The normalized spacial score (nSPS) is 26.2. The van der Waals surface area contributed by atoms with E-state index in [0.717, 1.165) is 25.8 Å². The summed E-state index contributed by atoms with van der Waals surface area (Å²) in [6, 6.07) is -1.01. The Morgan fingerprint density at radius 2 is 2.18 bits per heavy atom. The fourth-order valence-electron chi connectivity index (χ4n) is 2.18. The minimum absolute atomic E-state index is 0.183. The van der Waals surface area contributed by atoms with Crippen molar-refractivity contribution in [1.82, 2.24) is 10.6 Å². The predicted molar refractivity (Wildman–Crippen MR) is 64.7 cm³/mol. The summed E-state index contributed by atoms with van der Waals surface area (Å²) in [5.41, 5.74) is 0. The Morgan fingerprint density at radius 1 is 1.47 bits per heavy atom. The molecular formula is C12H22N2O3. The molecule has 0 aromatic heterocycles. The SMILES string of the molecule is CCC1CCNC(C(=O)NC(CC)C(=O)O)C1. The minimum atomic E-state index is -0.969. The monoisotopic (exact) mass is 242 g/mol. The molecule has 0 aromatic rings. The molecule has 0 spiro atoms. The van der Waals surface area contributed by atoms with Crippen LogP contribution in [0.3, 0.4) is 0 Å². The number of hydrogen-bond donors (Lipinski definition) is 3. The van der Waals surface area contributed by atoms with E-state index in [-0.39, 0.29) is 11.9 Å². The second-order valence-corrected chi connectivity index (χ2v) is 4.61. The minimum Gasteiger partial charge on any atom is -0.480 e. The molecule has 3 unspecified atom stereocenters. The molecule has 5 heteroatoms. The van der Waals surface area contributed by atoms with Gasteiger partial charge in [-0.15, -0.1) is 0 Å². The Balaban J connectivity index is 2.48. The second kappa shape index (κ2) is 6.59. The zero-order valence-corrected chi connectivity index (χ0v) is 10.5. The van der Waals surface area contributed by atoms with Gasteiger partial charge in [0.2, 0.25) is 5.91 Å². The first-order valence-electron chi connectivity index (χ1n) is 6.35. The molecule has 1 amide bonds. The third-order valence-corrected chi connectivity index (χ3v) is 3.43. The quantitative estimate of drug-likeness (QED) is 0.664. The van der Waals surface area contributed by atoms with Gasteiger partial charge in [-0.25, -0.2) is 4.79 Å². The van der Waals surface area contributed by atoms with Gasteiger partial charge in [0.15, 0.2) is 0 Å². The number of carbonyl (C=O) groups excluding carboxylic acids is 1. The van der Waals surface area contributed by atoms with Crippen molar-refractivity contribution >= 4 is 11.9 Å². The number of nitrogens with one attached hydrogen (secondary N) is 2. The molecule has 3 N–H and O–H groups in total. The van der Waals surface area contributed by atoms with E-state index >= 15 is 0 Å². The first-order valence-corrected chi connectivity index (χ1v) is 6.35. The molecule has 1 aliphatic rings. The van der Waals surface area contributed by atoms with Crippen molar-refractivity contribution < 1.29 is 14.7 Å². The molecule has 0 saturated carbocycles. The Hall–Kier alpha value is -1.10. The molecule has 1 fully saturated rings. The van der Waals surface area contributed by atoms with Gasteiger partial charge in [0.05, 0.1) is 6.04 Å². The lowest BCUT2D eigenvalue weighted by Gasteiger charge is -2.29. The first kappa shape index (κ1) is 14.0. The molecular weight excluding hydrogens is 220 g/mol. The van der Waals surface area contributed by atoms with Gasteiger partial charge in [-0.2, -0.15) is 0 Å². The van der Waals surface area contributed by atoms with Crippen LogP contribution in [0.4, 0.5) is 0 Å². The van der Waals surface area contributed by atoms with Crippen molar-refractivity contribution in [2.24, 2.45) is 5.92 Å². The number of carboxylic acids is 1. The molecule has 0 bridgehead atoms. The summed E-state index contributed by atoms with van der Waals surface area (Å²) in [5.74, 6) is -0.585. The van der Waals surface area contributed by atoms with Crippen molar-refractivity contribution in [2.75, 3.05) is 6.54 Å².